The van der Waals surface area contributed by atoms with Gasteiger partial charge in [-0.2, -0.15) is 0 Å². The predicted molar refractivity (Wildman–Crippen MR) is 144 cm³/mol. The summed E-state index contributed by atoms with van der Waals surface area (Å²) >= 11 is 0. The fraction of sp³-hybridized carbons (Fsp3) is 0.552. The van der Waals surface area contributed by atoms with Gasteiger partial charge in [0.05, 0.1) is 12.5 Å². The van der Waals surface area contributed by atoms with Gasteiger partial charge in [0.25, 0.3) is 0 Å². The lowest BCUT2D eigenvalue weighted by atomic mass is 9.92. The van der Waals surface area contributed by atoms with Gasteiger partial charge in [0.1, 0.15) is 5.75 Å². The summed E-state index contributed by atoms with van der Waals surface area (Å²) in [5.41, 5.74) is 3.32. The van der Waals surface area contributed by atoms with Gasteiger partial charge in [-0.25, -0.2) is 4.79 Å². The molecule has 2 aliphatic carbocycles. The molecule has 8 heteroatoms. The van der Waals surface area contributed by atoms with Gasteiger partial charge in [-0.3, -0.25) is 9.78 Å². The number of carbonyl (C=O) groups is 2. The number of hydrogen-bond donors (Lipinski definition) is 2. The maximum atomic E-state index is 13.9. The molecule has 1 aromatic carbocycles. The number of pyridine rings is 1. The molecule has 3 fully saturated rings. The van der Waals surface area contributed by atoms with Crippen LogP contribution in [0.15, 0.2) is 36.4 Å². The minimum atomic E-state index is -0.338. The second-order valence-electron chi connectivity index (χ2n) is 10.8. The number of nitrogens with one attached hydrogen (secondary N) is 2. The molecule has 2 heterocycles. The van der Waals surface area contributed by atoms with Crippen LogP contribution in [0.1, 0.15) is 55.5 Å². The normalized spacial score (nSPS) is 19.2. The Balaban J connectivity index is 1.11. The lowest BCUT2D eigenvalue weighted by Crippen LogP contribution is -2.52. The standard InChI is InChI=1S/C29H39N5O3/c1-20-18-23(19-21(2)31-20)32-28(36)30-14-17-33-15-10-25(11-16-33)34(24-6-7-24)27(35)29(12-13-29)22-4-8-26(37-3)9-5-22/h4-5,8-9,18-19,24-25H,6-7,10-17H2,1-3H3,(H2,30,31,32,36). The van der Waals surface area contributed by atoms with Gasteiger partial charge in [0, 0.05) is 55.3 Å². The van der Waals surface area contributed by atoms with E-state index in [2.05, 4.69) is 37.6 Å². The second kappa shape index (κ2) is 10.7. The number of anilines is 1. The van der Waals surface area contributed by atoms with Crippen LogP contribution in [-0.2, 0) is 10.2 Å². The van der Waals surface area contributed by atoms with Crippen LogP contribution < -0.4 is 15.4 Å². The van der Waals surface area contributed by atoms with Crippen molar-refractivity contribution in [3.05, 3.63) is 53.3 Å². The number of methoxy groups -OCH3 is 1. The largest absolute Gasteiger partial charge is 0.497 e. The first-order chi connectivity index (χ1) is 17.9. The van der Waals surface area contributed by atoms with Crippen molar-refractivity contribution in [1.82, 2.24) is 20.1 Å². The quantitative estimate of drug-likeness (QED) is 0.538. The van der Waals surface area contributed by atoms with Gasteiger partial charge >= 0.3 is 6.03 Å². The topological polar surface area (TPSA) is 86.8 Å². The van der Waals surface area contributed by atoms with Crippen LogP contribution in [0.25, 0.3) is 0 Å². The lowest BCUT2D eigenvalue weighted by Gasteiger charge is -2.40. The Bertz CT molecular complexity index is 1100. The number of hydrogen-bond acceptors (Lipinski definition) is 5. The molecule has 1 aromatic heterocycles. The van der Waals surface area contributed by atoms with Crippen molar-refractivity contribution < 1.29 is 14.3 Å². The molecule has 3 aliphatic rings. The van der Waals surface area contributed by atoms with Crippen LogP contribution in [0.3, 0.4) is 0 Å². The number of nitrogens with zero attached hydrogens (tertiary/aromatic N) is 3. The highest BCUT2D eigenvalue weighted by atomic mass is 16.5. The van der Waals surface area contributed by atoms with E-state index in [1.54, 1.807) is 7.11 Å². The van der Waals surface area contributed by atoms with Gasteiger partial charge in [0.2, 0.25) is 5.91 Å². The number of urea groups is 1. The van der Waals surface area contributed by atoms with E-state index in [9.17, 15) is 9.59 Å². The smallest absolute Gasteiger partial charge is 0.319 e. The number of aryl methyl sites for hydroxylation is 2. The molecular weight excluding hydrogens is 466 g/mol. The zero-order chi connectivity index (χ0) is 26.0. The highest BCUT2D eigenvalue weighted by molar-refractivity contribution is 5.92. The minimum absolute atomic E-state index is 0.196. The maximum absolute atomic E-state index is 13.9. The first kappa shape index (κ1) is 25.5. The Morgan fingerprint density at radius 1 is 1.03 bits per heavy atom. The SMILES string of the molecule is COc1ccc(C2(C(=O)N(C3CC3)C3CCN(CCNC(=O)Nc4cc(C)nc(C)c4)CC3)CC2)cc1. The number of aromatic nitrogens is 1. The summed E-state index contributed by atoms with van der Waals surface area (Å²) in [6.45, 7) is 7.13. The van der Waals surface area contributed by atoms with Gasteiger partial charge < -0.3 is 25.2 Å². The third kappa shape index (κ3) is 5.90. The van der Waals surface area contributed by atoms with Crippen molar-refractivity contribution in [1.29, 1.82) is 0 Å². The Morgan fingerprint density at radius 3 is 2.22 bits per heavy atom. The van der Waals surface area contributed by atoms with E-state index < -0.39 is 0 Å². The number of rotatable bonds is 9. The first-order valence-electron chi connectivity index (χ1n) is 13.6. The average Bonchev–Trinajstić information content (AvgIpc) is 3.80. The van der Waals surface area contributed by atoms with E-state index in [1.165, 1.54) is 0 Å². The Kier molecular flexibility index (Phi) is 7.38. The van der Waals surface area contributed by atoms with E-state index in [0.717, 1.165) is 86.5 Å². The van der Waals surface area contributed by atoms with Crippen LogP contribution in [0.2, 0.25) is 0 Å². The maximum Gasteiger partial charge on any atom is 0.319 e. The minimum Gasteiger partial charge on any atom is -0.497 e. The van der Waals surface area contributed by atoms with E-state index in [4.69, 9.17) is 4.74 Å². The van der Waals surface area contributed by atoms with Crippen molar-refractivity contribution in [3.63, 3.8) is 0 Å². The second-order valence-corrected chi connectivity index (χ2v) is 10.8. The number of amides is 3. The molecule has 37 heavy (non-hydrogen) atoms. The fourth-order valence-electron chi connectivity index (χ4n) is 5.72. The molecule has 2 N–H and O–H groups in total. The van der Waals surface area contributed by atoms with Crippen molar-refractivity contribution in [2.45, 2.75) is 69.9 Å². The molecule has 0 spiro atoms. The number of piperidine rings is 1. The molecule has 2 aromatic rings. The summed E-state index contributed by atoms with van der Waals surface area (Å²) in [5, 5.41) is 5.86. The van der Waals surface area contributed by atoms with E-state index in [0.29, 0.717) is 24.5 Å². The van der Waals surface area contributed by atoms with Crippen molar-refractivity contribution >= 4 is 17.6 Å². The Hall–Kier alpha value is -3.13. The summed E-state index contributed by atoms with van der Waals surface area (Å²) in [4.78, 5) is 35.2. The number of carbonyl (C=O) groups excluding carboxylic acids is 2. The Morgan fingerprint density at radius 2 is 1.65 bits per heavy atom. The monoisotopic (exact) mass is 505 g/mol. The zero-order valence-corrected chi connectivity index (χ0v) is 22.3. The van der Waals surface area contributed by atoms with Gasteiger partial charge in [-0.1, -0.05) is 12.1 Å². The lowest BCUT2D eigenvalue weighted by molar-refractivity contribution is -0.138. The summed E-state index contributed by atoms with van der Waals surface area (Å²) in [6.07, 6.45) is 6.10. The molecule has 3 amide bonds. The Labute approximate surface area is 219 Å². The number of benzene rings is 1. The van der Waals surface area contributed by atoms with Crippen LogP contribution in [0, 0.1) is 13.8 Å². The highest BCUT2D eigenvalue weighted by Gasteiger charge is 2.56. The molecule has 198 valence electrons. The van der Waals surface area contributed by atoms with E-state index in [1.807, 2.05) is 38.1 Å². The molecule has 0 atom stereocenters. The summed E-state index contributed by atoms with van der Waals surface area (Å²) in [5.74, 6) is 1.16. The molecule has 8 nitrogen and oxygen atoms in total. The highest BCUT2D eigenvalue weighted by Crippen LogP contribution is 2.51. The number of ether oxygens (including phenoxy) is 1. The van der Waals surface area contributed by atoms with Crippen molar-refractivity contribution in [3.8, 4) is 5.75 Å². The van der Waals surface area contributed by atoms with Gasteiger partial charge in [-0.05, 0) is 82.2 Å². The summed E-state index contributed by atoms with van der Waals surface area (Å²) < 4.78 is 5.31. The number of likely N-dealkylation sites (tertiary alicyclic amines) is 1. The summed E-state index contributed by atoms with van der Waals surface area (Å²) in [7, 11) is 1.67. The van der Waals surface area contributed by atoms with E-state index in [-0.39, 0.29) is 11.4 Å². The van der Waals surface area contributed by atoms with Crippen molar-refractivity contribution in [2.24, 2.45) is 0 Å². The molecule has 0 unspecified atom stereocenters. The third-order valence-corrected chi connectivity index (χ3v) is 7.98. The summed E-state index contributed by atoms with van der Waals surface area (Å²) in [6, 6.07) is 12.3. The van der Waals surface area contributed by atoms with Crippen LogP contribution in [0.5, 0.6) is 5.75 Å². The van der Waals surface area contributed by atoms with Crippen LogP contribution in [0.4, 0.5) is 10.5 Å². The fourth-order valence-corrected chi connectivity index (χ4v) is 5.72. The third-order valence-electron chi connectivity index (χ3n) is 7.98. The molecule has 2 saturated carbocycles. The van der Waals surface area contributed by atoms with Crippen molar-refractivity contribution in [2.75, 3.05) is 38.6 Å². The van der Waals surface area contributed by atoms with Gasteiger partial charge in [0.15, 0.2) is 0 Å². The predicted octanol–water partition coefficient (Wildman–Crippen LogP) is 4.02. The van der Waals surface area contributed by atoms with E-state index >= 15 is 0 Å². The molecule has 1 saturated heterocycles. The van der Waals surface area contributed by atoms with Crippen LogP contribution in [-0.4, -0.2) is 72.1 Å². The zero-order valence-electron chi connectivity index (χ0n) is 22.3. The molecule has 0 radical (unpaired) electrons. The molecule has 5 rings (SSSR count). The first-order valence-corrected chi connectivity index (χ1v) is 13.6. The van der Waals surface area contributed by atoms with Crippen LogP contribution >= 0.6 is 0 Å². The molecular formula is C29H39N5O3. The van der Waals surface area contributed by atoms with Gasteiger partial charge in [-0.15, -0.1) is 0 Å². The average molecular weight is 506 g/mol. The molecule has 0 bridgehead atoms. The molecule has 1 aliphatic heterocycles.